The Balaban J connectivity index is 2.17. The topological polar surface area (TPSA) is 86.9 Å². The van der Waals surface area contributed by atoms with Crippen LogP contribution in [0.5, 0.6) is 0 Å². The number of H-pyrrole nitrogens is 1. The third kappa shape index (κ3) is 4.28. The molecule has 1 aromatic heterocycles. The zero-order chi connectivity index (χ0) is 15.3. The first-order chi connectivity index (χ1) is 10.0. The van der Waals surface area contributed by atoms with E-state index in [0.29, 0.717) is 6.54 Å². The molecule has 0 radical (unpaired) electrons. The minimum atomic E-state index is -3.67. The van der Waals surface area contributed by atoms with Crippen LogP contribution in [0, 0.1) is 0 Å². The maximum atomic E-state index is 12.3. The molecule has 0 unspecified atom stereocenters. The molecule has 21 heavy (non-hydrogen) atoms. The van der Waals surface area contributed by atoms with Crippen LogP contribution in [0.3, 0.4) is 0 Å². The van der Waals surface area contributed by atoms with Gasteiger partial charge in [0.2, 0.25) is 10.0 Å². The van der Waals surface area contributed by atoms with E-state index < -0.39 is 10.0 Å². The molecule has 1 aromatic carbocycles. The molecule has 8 heteroatoms. The Morgan fingerprint density at radius 1 is 1.29 bits per heavy atom. The van der Waals surface area contributed by atoms with Crippen LogP contribution in [0.25, 0.3) is 0 Å². The van der Waals surface area contributed by atoms with Gasteiger partial charge in [0.15, 0.2) is 0 Å². The molecule has 3 N–H and O–H groups in total. The first-order valence-corrected chi connectivity index (χ1v) is 8.35. The molecule has 0 saturated heterocycles. The number of hydrogen-bond donors (Lipinski definition) is 3. The van der Waals surface area contributed by atoms with Crippen molar-refractivity contribution in [3.63, 3.8) is 0 Å². The van der Waals surface area contributed by atoms with Gasteiger partial charge in [-0.15, -0.1) is 0 Å². The molecule has 0 aliphatic rings. The van der Waals surface area contributed by atoms with Crippen molar-refractivity contribution < 1.29 is 8.42 Å². The van der Waals surface area contributed by atoms with E-state index in [2.05, 4.69) is 20.2 Å². The average molecular weight is 329 g/mol. The summed E-state index contributed by atoms with van der Waals surface area (Å²) in [6.45, 7) is 3.55. The van der Waals surface area contributed by atoms with Crippen molar-refractivity contribution in [1.82, 2.24) is 20.2 Å². The molecular weight excluding hydrogens is 312 g/mol. The van der Waals surface area contributed by atoms with Crippen LogP contribution in [0.4, 0.5) is 0 Å². The van der Waals surface area contributed by atoms with Gasteiger partial charge >= 0.3 is 0 Å². The largest absolute Gasteiger partial charge is 0.313 e. The van der Waals surface area contributed by atoms with Crippen molar-refractivity contribution in [2.24, 2.45) is 0 Å². The highest BCUT2D eigenvalue weighted by Crippen LogP contribution is 2.22. The number of sulfonamides is 1. The monoisotopic (exact) mass is 328 g/mol. The molecule has 0 aliphatic carbocycles. The van der Waals surface area contributed by atoms with E-state index in [1.807, 2.05) is 6.92 Å². The van der Waals surface area contributed by atoms with Crippen molar-refractivity contribution >= 4 is 21.6 Å². The Morgan fingerprint density at radius 3 is 2.76 bits per heavy atom. The van der Waals surface area contributed by atoms with E-state index in [4.69, 9.17) is 11.6 Å². The summed E-state index contributed by atoms with van der Waals surface area (Å²) in [5, 5.41) is 9.75. The number of halogens is 1. The van der Waals surface area contributed by atoms with E-state index in [1.54, 1.807) is 30.6 Å². The fourth-order valence-corrected chi connectivity index (χ4v) is 3.33. The minimum absolute atomic E-state index is 0.0862. The molecule has 6 nitrogen and oxygen atoms in total. The van der Waals surface area contributed by atoms with Crippen molar-refractivity contribution in [3.05, 3.63) is 46.7 Å². The molecule has 0 aliphatic heterocycles. The van der Waals surface area contributed by atoms with E-state index in [0.717, 1.165) is 17.7 Å². The summed E-state index contributed by atoms with van der Waals surface area (Å²) < 4.78 is 27.2. The zero-order valence-corrected chi connectivity index (χ0v) is 13.1. The number of rotatable bonds is 7. The first-order valence-electron chi connectivity index (χ1n) is 6.49. The van der Waals surface area contributed by atoms with Crippen molar-refractivity contribution in [1.29, 1.82) is 0 Å². The molecule has 2 aromatic rings. The fraction of sp³-hybridized carbons (Fsp3) is 0.308. The lowest BCUT2D eigenvalue weighted by Gasteiger charge is -2.10. The molecule has 0 atom stereocenters. The number of nitrogens with zero attached hydrogens (tertiary/aromatic N) is 1. The van der Waals surface area contributed by atoms with Gasteiger partial charge in [0.25, 0.3) is 0 Å². The third-order valence-electron chi connectivity index (χ3n) is 2.89. The highest BCUT2D eigenvalue weighted by molar-refractivity contribution is 7.89. The van der Waals surface area contributed by atoms with Crippen LogP contribution in [0.1, 0.15) is 18.1 Å². The number of benzene rings is 1. The summed E-state index contributed by atoms with van der Waals surface area (Å²) in [6.07, 6.45) is 3.19. The summed E-state index contributed by atoms with van der Waals surface area (Å²) in [7, 11) is -3.67. The second kappa shape index (κ2) is 7.04. The number of nitrogens with one attached hydrogen (secondary N) is 3. The van der Waals surface area contributed by atoms with E-state index in [-0.39, 0.29) is 16.5 Å². The van der Waals surface area contributed by atoms with Gasteiger partial charge in [-0.1, -0.05) is 24.6 Å². The second-order valence-electron chi connectivity index (χ2n) is 4.48. The summed E-state index contributed by atoms with van der Waals surface area (Å²) in [5.74, 6) is 0. The smallest absolute Gasteiger partial charge is 0.242 e. The summed E-state index contributed by atoms with van der Waals surface area (Å²) >= 11 is 6.02. The maximum Gasteiger partial charge on any atom is 0.242 e. The lowest BCUT2D eigenvalue weighted by atomic mass is 10.2. The fourth-order valence-electron chi connectivity index (χ4n) is 1.76. The van der Waals surface area contributed by atoms with Gasteiger partial charge in [-0.2, -0.15) is 5.10 Å². The normalized spacial score (nSPS) is 11.7. The molecule has 2 rings (SSSR count). The Bertz CT molecular complexity index is 686. The molecule has 0 amide bonds. The lowest BCUT2D eigenvalue weighted by Crippen LogP contribution is -2.23. The van der Waals surface area contributed by atoms with Crippen molar-refractivity contribution in [2.45, 2.75) is 24.9 Å². The molecule has 1 heterocycles. The molecule has 0 bridgehead atoms. The third-order valence-corrected chi connectivity index (χ3v) is 4.77. The average Bonchev–Trinajstić information content (AvgIpc) is 2.97. The second-order valence-corrected chi connectivity index (χ2v) is 6.62. The van der Waals surface area contributed by atoms with Gasteiger partial charge in [0, 0.05) is 24.8 Å². The quantitative estimate of drug-likeness (QED) is 0.721. The van der Waals surface area contributed by atoms with Gasteiger partial charge in [0.1, 0.15) is 4.90 Å². The molecular formula is C13H17ClN4O2S. The van der Waals surface area contributed by atoms with Crippen molar-refractivity contribution in [3.8, 4) is 0 Å². The van der Waals surface area contributed by atoms with Crippen LogP contribution in [-0.2, 0) is 23.1 Å². The minimum Gasteiger partial charge on any atom is -0.313 e. The van der Waals surface area contributed by atoms with Crippen LogP contribution in [-0.4, -0.2) is 25.2 Å². The van der Waals surface area contributed by atoms with Gasteiger partial charge in [-0.25, -0.2) is 13.1 Å². The predicted molar refractivity (Wildman–Crippen MR) is 81.4 cm³/mol. The Hall–Kier alpha value is -1.41. The highest BCUT2D eigenvalue weighted by atomic mass is 35.5. The molecule has 0 spiro atoms. The van der Waals surface area contributed by atoms with E-state index in [1.165, 1.54) is 0 Å². The summed E-state index contributed by atoms with van der Waals surface area (Å²) in [6, 6.07) is 4.99. The Morgan fingerprint density at radius 2 is 2.10 bits per heavy atom. The standard InChI is InChI=1S/C13H17ClN4O2S/c1-2-15-6-10-3-4-12(14)13(5-10)21(19,20)18-9-11-7-16-17-8-11/h3-5,7-8,15,18H,2,6,9H2,1H3,(H,16,17). The highest BCUT2D eigenvalue weighted by Gasteiger charge is 2.18. The molecule has 0 saturated carbocycles. The summed E-state index contributed by atoms with van der Waals surface area (Å²) in [4.78, 5) is 0.0862. The lowest BCUT2D eigenvalue weighted by molar-refractivity contribution is 0.581. The predicted octanol–water partition coefficient (Wildman–Crippen LogP) is 1.65. The summed E-state index contributed by atoms with van der Waals surface area (Å²) in [5.41, 5.74) is 1.61. The first kappa shape index (κ1) is 16.0. The number of aromatic nitrogens is 2. The van der Waals surface area contributed by atoms with Gasteiger partial charge < -0.3 is 5.32 Å². The van der Waals surface area contributed by atoms with E-state index >= 15 is 0 Å². The van der Waals surface area contributed by atoms with Crippen LogP contribution >= 0.6 is 11.6 Å². The molecule has 0 fully saturated rings. The number of aromatic amines is 1. The van der Waals surface area contributed by atoms with Crippen molar-refractivity contribution in [2.75, 3.05) is 6.54 Å². The van der Waals surface area contributed by atoms with Crippen LogP contribution in [0.15, 0.2) is 35.5 Å². The van der Waals surface area contributed by atoms with Gasteiger partial charge in [-0.3, -0.25) is 5.10 Å². The maximum absolute atomic E-state index is 12.3. The molecule has 114 valence electrons. The van der Waals surface area contributed by atoms with Crippen LogP contribution in [0.2, 0.25) is 5.02 Å². The Labute approximate surface area is 129 Å². The number of hydrogen-bond acceptors (Lipinski definition) is 4. The SMILES string of the molecule is CCNCc1ccc(Cl)c(S(=O)(=O)NCc2cn[nH]c2)c1. The zero-order valence-electron chi connectivity index (χ0n) is 11.6. The van der Waals surface area contributed by atoms with Gasteiger partial charge in [-0.05, 0) is 24.2 Å². The van der Waals surface area contributed by atoms with Gasteiger partial charge in [0.05, 0.1) is 11.2 Å². The van der Waals surface area contributed by atoms with Crippen LogP contribution < -0.4 is 10.0 Å². The Kier molecular flexibility index (Phi) is 5.35. The van der Waals surface area contributed by atoms with E-state index in [9.17, 15) is 8.42 Å².